The Morgan fingerprint density at radius 2 is 2.14 bits per heavy atom. The van der Waals surface area contributed by atoms with Crippen molar-refractivity contribution in [3.05, 3.63) is 22.4 Å². The highest BCUT2D eigenvalue weighted by Crippen LogP contribution is 2.28. The van der Waals surface area contributed by atoms with E-state index in [1.54, 1.807) is 12.1 Å². The summed E-state index contributed by atoms with van der Waals surface area (Å²) in [6.07, 6.45) is -2.40. The van der Waals surface area contributed by atoms with Crippen molar-refractivity contribution in [2.45, 2.75) is 16.3 Å². The molecule has 1 heterocycles. The molecule has 0 bridgehead atoms. The van der Waals surface area contributed by atoms with E-state index in [0.717, 1.165) is 9.78 Å². The number of thiophene rings is 1. The van der Waals surface area contributed by atoms with Crippen LogP contribution in [-0.2, 0) is 9.47 Å². The number of carbonyl (C=O) groups excluding carboxylic acids is 1. The average Bonchev–Trinajstić information content (AvgIpc) is 2.93. The van der Waals surface area contributed by atoms with Gasteiger partial charge in [0, 0.05) is 24.9 Å². The van der Waals surface area contributed by atoms with Gasteiger partial charge in [0.05, 0.1) is 0 Å². The standard InChI is InChI=1S/C12H14Cl3NO5S/c1-16(10(17)18)5-4-8(9-3-2-6-22-9)21-11(19)20-7-12(13,14)15/h2-3,6,8H,4-5,7H2,1H3,(H,17,18)/t8-/m1/s1. The highest BCUT2D eigenvalue weighted by Gasteiger charge is 2.25. The van der Waals surface area contributed by atoms with Crippen molar-refractivity contribution >= 4 is 58.4 Å². The van der Waals surface area contributed by atoms with Crippen LogP contribution in [0.4, 0.5) is 9.59 Å². The maximum atomic E-state index is 11.6. The first-order valence-corrected chi connectivity index (χ1v) is 8.08. The van der Waals surface area contributed by atoms with Gasteiger partial charge in [-0.3, -0.25) is 0 Å². The predicted octanol–water partition coefficient (Wildman–Crippen LogP) is 4.31. The van der Waals surface area contributed by atoms with Gasteiger partial charge in [-0.25, -0.2) is 9.59 Å². The number of rotatable bonds is 6. The second kappa shape index (κ2) is 8.67. The van der Waals surface area contributed by atoms with Crippen LogP contribution in [0.25, 0.3) is 0 Å². The van der Waals surface area contributed by atoms with Gasteiger partial charge in [-0.1, -0.05) is 40.9 Å². The first-order chi connectivity index (χ1) is 10.2. The summed E-state index contributed by atoms with van der Waals surface area (Å²) >= 11 is 17.8. The van der Waals surface area contributed by atoms with Gasteiger partial charge < -0.3 is 19.5 Å². The molecule has 10 heteroatoms. The monoisotopic (exact) mass is 389 g/mol. The number of hydrogen-bond donors (Lipinski definition) is 1. The number of carboxylic acid groups (broad SMARTS) is 1. The fourth-order valence-electron chi connectivity index (χ4n) is 1.43. The zero-order valence-electron chi connectivity index (χ0n) is 11.5. The molecule has 22 heavy (non-hydrogen) atoms. The fraction of sp³-hybridized carbons (Fsp3) is 0.500. The van der Waals surface area contributed by atoms with Crippen molar-refractivity contribution < 1.29 is 24.2 Å². The maximum absolute atomic E-state index is 11.6. The Morgan fingerprint density at radius 3 is 2.64 bits per heavy atom. The topological polar surface area (TPSA) is 76.1 Å². The minimum absolute atomic E-state index is 0.190. The fourth-order valence-corrected chi connectivity index (χ4v) is 2.38. The summed E-state index contributed by atoms with van der Waals surface area (Å²) in [6, 6.07) is 3.57. The highest BCUT2D eigenvalue weighted by atomic mass is 35.6. The lowest BCUT2D eigenvalue weighted by Gasteiger charge is -2.20. The van der Waals surface area contributed by atoms with Gasteiger partial charge in [-0.15, -0.1) is 11.3 Å². The summed E-state index contributed by atoms with van der Waals surface area (Å²) in [4.78, 5) is 24.3. The minimum Gasteiger partial charge on any atom is -0.465 e. The van der Waals surface area contributed by atoms with Gasteiger partial charge in [-0.2, -0.15) is 0 Å². The Bertz CT molecular complexity index is 491. The Balaban J connectivity index is 2.59. The maximum Gasteiger partial charge on any atom is 0.509 e. The Labute approximate surface area is 146 Å². The first kappa shape index (κ1) is 19.2. The molecular weight excluding hydrogens is 377 g/mol. The molecule has 1 N–H and O–H groups in total. The molecule has 1 amide bonds. The zero-order valence-corrected chi connectivity index (χ0v) is 14.6. The van der Waals surface area contributed by atoms with E-state index in [-0.39, 0.29) is 13.0 Å². The lowest BCUT2D eigenvalue weighted by atomic mass is 10.2. The lowest BCUT2D eigenvalue weighted by Crippen LogP contribution is -2.28. The van der Waals surface area contributed by atoms with E-state index in [1.165, 1.54) is 18.4 Å². The molecule has 1 atom stereocenters. The van der Waals surface area contributed by atoms with Crippen LogP contribution in [0.15, 0.2) is 17.5 Å². The van der Waals surface area contributed by atoms with E-state index in [9.17, 15) is 9.59 Å². The van der Waals surface area contributed by atoms with Crippen molar-refractivity contribution in [1.82, 2.24) is 4.90 Å². The Morgan fingerprint density at radius 1 is 1.45 bits per heavy atom. The van der Waals surface area contributed by atoms with E-state index >= 15 is 0 Å². The zero-order chi connectivity index (χ0) is 16.8. The van der Waals surface area contributed by atoms with E-state index in [4.69, 9.17) is 49.4 Å². The van der Waals surface area contributed by atoms with Gasteiger partial charge in [0.15, 0.2) is 0 Å². The number of halogens is 3. The molecule has 0 aromatic carbocycles. The normalized spacial score (nSPS) is 12.5. The van der Waals surface area contributed by atoms with Crippen LogP contribution >= 0.6 is 46.1 Å². The quantitative estimate of drug-likeness (QED) is 0.578. The smallest absolute Gasteiger partial charge is 0.465 e. The molecule has 0 aliphatic rings. The SMILES string of the molecule is CN(CC[C@@H](OC(=O)OCC(Cl)(Cl)Cl)c1cccs1)C(=O)O. The van der Waals surface area contributed by atoms with E-state index in [1.807, 2.05) is 5.38 Å². The molecule has 0 aliphatic heterocycles. The van der Waals surface area contributed by atoms with Gasteiger partial charge in [-0.05, 0) is 11.4 Å². The lowest BCUT2D eigenvalue weighted by molar-refractivity contribution is 0.0198. The summed E-state index contributed by atoms with van der Waals surface area (Å²) in [6.45, 7) is -0.252. The van der Waals surface area contributed by atoms with Crippen LogP contribution in [0.1, 0.15) is 17.4 Å². The van der Waals surface area contributed by atoms with Crippen molar-refractivity contribution in [3.63, 3.8) is 0 Å². The molecule has 0 unspecified atom stereocenters. The molecule has 0 aliphatic carbocycles. The van der Waals surface area contributed by atoms with Gasteiger partial charge in [0.2, 0.25) is 3.79 Å². The van der Waals surface area contributed by atoms with Gasteiger partial charge in [0.1, 0.15) is 12.7 Å². The predicted molar refractivity (Wildman–Crippen MR) is 85.1 cm³/mol. The van der Waals surface area contributed by atoms with Crippen LogP contribution in [-0.4, -0.2) is 46.2 Å². The minimum atomic E-state index is -1.72. The van der Waals surface area contributed by atoms with Crippen molar-refractivity contribution in [3.8, 4) is 0 Å². The molecule has 6 nitrogen and oxygen atoms in total. The molecule has 1 rings (SSSR count). The molecular formula is C12H14Cl3NO5S. The summed E-state index contributed by atoms with van der Waals surface area (Å²) in [5.41, 5.74) is 0. The van der Waals surface area contributed by atoms with Crippen LogP contribution in [0, 0.1) is 0 Å². The number of hydrogen-bond acceptors (Lipinski definition) is 5. The Kier molecular flexibility index (Phi) is 7.55. The third-order valence-corrected chi connectivity index (χ3v) is 3.80. The first-order valence-electron chi connectivity index (χ1n) is 6.06. The number of carbonyl (C=O) groups is 2. The molecule has 124 valence electrons. The third-order valence-electron chi connectivity index (χ3n) is 2.51. The number of nitrogens with zero attached hydrogens (tertiary/aromatic N) is 1. The molecule has 1 aromatic rings. The third kappa shape index (κ3) is 7.40. The van der Waals surface area contributed by atoms with Gasteiger partial charge >= 0.3 is 12.2 Å². The van der Waals surface area contributed by atoms with Crippen LogP contribution < -0.4 is 0 Å². The van der Waals surface area contributed by atoms with E-state index in [2.05, 4.69) is 0 Å². The molecule has 0 spiro atoms. The second-order valence-electron chi connectivity index (χ2n) is 4.27. The van der Waals surface area contributed by atoms with Crippen LogP contribution in [0.3, 0.4) is 0 Å². The molecule has 0 saturated heterocycles. The summed E-state index contributed by atoms with van der Waals surface area (Å²) in [5.74, 6) is 0. The summed E-state index contributed by atoms with van der Waals surface area (Å²) in [7, 11) is 1.43. The van der Waals surface area contributed by atoms with Gasteiger partial charge in [0.25, 0.3) is 0 Å². The molecule has 0 saturated carbocycles. The Hall–Kier alpha value is -0.890. The van der Waals surface area contributed by atoms with Crippen molar-refractivity contribution in [2.24, 2.45) is 0 Å². The van der Waals surface area contributed by atoms with Crippen molar-refractivity contribution in [2.75, 3.05) is 20.2 Å². The summed E-state index contributed by atoms with van der Waals surface area (Å²) < 4.78 is 8.16. The second-order valence-corrected chi connectivity index (χ2v) is 7.76. The average molecular weight is 391 g/mol. The molecule has 1 aromatic heterocycles. The van der Waals surface area contributed by atoms with Crippen LogP contribution in [0.5, 0.6) is 0 Å². The summed E-state index contributed by atoms with van der Waals surface area (Å²) in [5, 5.41) is 10.7. The van der Waals surface area contributed by atoms with Crippen molar-refractivity contribution in [1.29, 1.82) is 0 Å². The highest BCUT2D eigenvalue weighted by molar-refractivity contribution is 7.10. The van der Waals surface area contributed by atoms with E-state index < -0.39 is 28.8 Å². The molecule has 0 fully saturated rings. The molecule has 0 radical (unpaired) electrons. The van der Waals surface area contributed by atoms with E-state index in [0.29, 0.717) is 0 Å². The van der Waals surface area contributed by atoms with Crippen LogP contribution in [0.2, 0.25) is 0 Å². The number of amides is 1. The largest absolute Gasteiger partial charge is 0.509 e. The number of ether oxygens (including phenoxy) is 2. The number of alkyl halides is 3.